The van der Waals surface area contributed by atoms with Crippen molar-refractivity contribution in [1.29, 1.82) is 0 Å². The van der Waals surface area contributed by atoms with E-state index in [9.17, 15) is 4.39 Å². The fourth-order valence-corrected chi connectivity index (χ4v) is 2.17. The van der Waals surface area contributed by atoms with Crippen molar-refractivity contribution in [3.05, 3.63) is 29.6 Å². The van der Waals surface area contributed by atoms with E-state index in [4.69, 9.17) is 4.74 Å². The standard InChI is InChI=1S/C16H21FN2O/c1-5-6-18-16-12(10(2)3)7-11-8-15(20-4)13(17)9-14(11)19-16/h7-10H,5-6H2,1-4H3,(H,18,19). The van der Waals surface area contributed by atoms with Crippen LogP contribution in [0.5, 0.6) is 5.75 Å². The van der Waals surface area contributed by atoms with Gasteiger partial charge < -0.3 is 10.1 Å². The minimum Gasteiger partial charge on any atom is -0.494 e. The number of hydrogen-bond acceptors (Lipinski definition) is 3. The summed E-state index contributed by atoms with van der Waals surface area (Å²) >= 11 is 0. The smallest absolute Gasteiger partial charge is 0.167 e. The molecular formula is C16H21FN2O. The number of nitrogens with one attached hydrogen (secondary N) is 1. The molecule has 0 aliphatic rings. The highest BCUT2D eigenvalue weighted by Crippen LogP contribution is 2.30. The Hall–Kier alpha value is -1.84. The van der Waals surface area contributed by atoms with Crippen LogP contribution < -0.4 is 10.1 Å². The molecule has 0 bridgehead atoms. The highest BCUT2D eigenvalue weighted by Gasteiger charge is 2.12. The van der Waals surface area contributed by atoms with Crippen LogP contribution in [0.3, 0.4) is 0 Å². The first kappa shape index (κ1) is 14.6. The van der Waals surface area contributed by atoms with E-state index in [0.717, 1.165) is 29.7 Å². The summed E-state index contributed by atoms with van der Waals surface area (Å²) in [4.78, 5) is 4.56. The lowest BCUT2D eigenvalue weighted by Crippen LogP contribution is -2.07. The third-order valence-corrected chi connectivity index (χ3v) is 3.28. The minimum absolute atomic E-state index is 0.253. The van der Waals surface area contributed by atoms with Crippen LogP contribution in [0.4, 0.5) is 10.2 Å². The molecule has 2 rings (SSSR count). The van der Waals surface area contributed by atoms with E-state index >= 15 is 0 Å². The lowest BCUT2D eigenvalue weighted by molar-refractivity contribution is 0.387. The third kappa shape index (κ3) is 2.84. The number of fused-ring (bicyclic) bond motifs is 1. The molecule has 20 heavy (non-hydrogen) atoms. The zero-order chi connectivity index (χ0) is 14.7. The van der Waals surface area contributed by atoms with Crippen LogP contribution in [-0.2, 0) is 0 Å². The molecule has 0 amide bonds. The normalized spacial score (nSPS) is 11.1. The molecule has 0 unspecified atom stereocenters. The van der Waals surface area contributed by atoms with E-state index in [-0.39, 0.29) is 11.6 Å². The second-order valence-corrected chi connectivity index (χ2v) is 5.19. The van der Waals surface area contributed by atoms with Crippen molar-refractivity contribution >= 4 is 16.7 Å². The van der Waals surface area contributed by atoms with E-state index in [2.05, 4.69) is 37.1 Å². The minimum atomic E-state index is -0.383. The van der Waals surface area contributed by atoms with Crippen LogP contribution >= 0.6 is 0 Å². The topological polar surface area (TPSA) is 34.2 Å². The van der Waals surface area contributed by atoms with E-state index < -0.39 is 0 Å². The number of aromatic nitrogens is 1. The fourth-order valence-electron chi connectivity index (χ4n) is 2.17. The average Bonchev–Trinajstić information content (AvgIpc) is 2.43. The summed E-state index contributed by atoms with van der Waals surface area (Å²) in [6.45, 7) is 7.21. The monoisotopic (exact) mass is 276 g/mol. The molecular weight excluding hydrogens is 255 g/mol. The molecule has 1 heterocycles. The Bertz CT molecular complexity index is 611. The highest BCUT2D eigenvalue weighted by atomic mass is 19.1. The maximum absolute atomic E-state index is 13.8. The Kier molecular flexibility index (Phi) is 4.42. The van der Waals surface area contributed by atoms with Crippen molar-refractivity contribution in [2.45, 2.75) is 33.1 Å². The van der Waals surface area contributed by atoms with Gasteiger partial charge in [-0.25, -0.2) is 9.37 Å². The molecule has 0 spiro atoms. The molecule has 0 saturated carbocycles. The number of rotatable bonds is 5. The zero-order valence-corrected chi connectivity index (χ0v) is 12.5. The SMILES string of the molecule is CCCNc1nc2cc(F)c(OC)cc2cc1C(C)C. The summed E-state index contributed by atoms with van der Waals surface area (Å²) in [5.41, 5.74) is 1.78. The number of anilines is 1. The summed E-state index contributed by atoms with van der Waals surface area (Å²) in [7, 11) is 1.47. The van der Waals surface area contributed by atoms with Gasteiger partial charge in [0.1, 0.15) is 5.82 Å². The second kappa shape index (κ2) is 6.07. The first-order chi connectivity index (χ1) is 9.56. The van der Waals surface area contributed by atoms with E-state index in [1.807, 2.05) is 0 Å². The second-order valence-electron chi connectivity index (χ2n) is 5.19. The van der Waals surface area contributed by atoms with Gasteiger partial charge in [-0.3, -0.25) is 0 Å². The molecule has 0 aliphatic heterocycles. The Morgan fingerprint density at radius 2 is 2.05 bits per heavy atom. The van der Waals surface area contributed by atoms with Crippen molar-refractivity contribution in [2.75, 3.05) is 19.0 Å². The maximum atomic E-state index is 13.8. The number of methoxy groups -OCH3 is 1. The van der Waals surface area contributed by atoms with Gasteiger partial charge in [-0.15, -0.1) is 0 Å². The van der Waals surface area contributed by atoms with Gasteiger partial charge in [0.25, 0.3) is 0 Å². The van der Waals surface area contributed by atoms with E-state index in [1.54, 1.807) is 6.07 Å². The summed E-state index contributed by atoms with van der Waals surface area (Å²) in [6, 6.07) is 5.19. The van der Waals surface area contributed by atoms with Gasteiger partial charge in [0.05, 0.1) is 12.6 Å². The number of benzene rings is 1. The summed E-state index contributed by atoms with van der Waals surface area (Å²) in [6.07, 6.45) is 1.02. The molecule has 108 valence electrons. The predicted octanol–water partition coefficient (Wildman–Crippen LogP) is 4.33. The first-order valence-corrected chi connectivity index (χ1v) is 6.98. The van der Waals surface area contributed by atoms with Crippen molar-refractivity contribution in [1.82, 2.24) is 4.98 Å². The Morgan fingerprint density at radius 1 is 1.30 bits per heavy atom. The fraction of sp³-hybridized carbons (Fsp3) is 0.438. The molecule has 2 aromatic rings. The molecule has 1 aromatic carbocycles. The molecule has 0 aliphatic carbocycles. The van der Waals surface area contributed by atoms with Gasteiger partial charge >= 0.3 is 0 Å². The lowest BCUT2D eigenvalue weighted by atomic mass is 10.0. The maximum Gasteiger partial charge on any atom is 0.167 e. The molecule has 1 aromatic heterocycles. The largest absolute Gasteiger partial charge is 0.494 e. The Morgan fingerprint density at radius 3 is 2.65 bits per heavy atom. The van der Waals surface area contributed by atoms with Gasteiger partial charge in [-0.2, -0.15) is 0 Å². The number of ether oxygens (including phenoxy) is 1. The van der Waals surface area contributed by atoms with E-state index in [0.29, 0.717) is 11.4 Å². The molecule has 4 heteroatoms. The number of pyridine rings is 1. The molecule has 1 N–H and O–H groups in total. The average molecular weight is 276 g/mol. The van der Waals surface area contributed by atoms with Gasteiger partial charge in [0, 0.05) is 18.0 Å². The molecule has 0 fully saturated rings. The summed E-state index contributed by atoms with van der Waals surface area (Å²) in [5, 5.41) is 4.22. The first-order valence-electron chi connectivity index (χ1n) is 6.98. The molecule has 3 nitrogen and oxygen atoms in total. The van der Waals surface area contributed by atoms with Crippen LogP contribution in [0.15, 0.2) is 18.2 Å². The summed E-state index contributed by atoms with van der Waals surface area (Å²) in [5.74, 6) is 1.07. The van der Waals surface area contributed by atoms with Crippen LogP contribution in [0.25, 0.3) is 10.9 Å². The molecule has 0 atom stereocenters. The Labute approximate surface area is 119 Å². The highest BCUT2D eigenvalue weighted by molar-refractivity contribution is 5.83. The van der Waals surface area contributed by atoms with Crippen LogP contribution in [0.1, 0.15) is 38.7 Å². The van der Waals surface area contributed by atoms with Crippen molar-refractivity contribution in [3.8, 4) is 5.75 Å². The zero-order valence-electron chi connectivity index (χ0n) is 12.5. The van der Waals surface area contributed by atoms with Crippen LogP contribution in [0, 0.1) is 5.82 Å². The number of halogens is 1. The molecule has 0 radical (unpaired) electrons. The number of nitrogens with zero attached hydrogens (tertiary/aromatic N) is 1. The Balaban J connectivity index is 2.58. The van der Waals surface area contributed by atoms with Gasteiger partial charge in [-0.05, 0) is 30.0 Å². The van der Waals surface area contributed by atoms with E-state index in [1.165, 1.54) is 13.2 Å². The lowest BCUT2D eigenvalue weighted by Gasteiger charge is -2.15. The van der Waals surface area contributed by atoms with Crippen molar-refractivity contribution in [3.63, 3.8) is 0 Å². The predicted molar refractivity (Wildman–Crippen MR) is 81.1 cm³/mol. The molecule has 0 saturated heterocycles. The quantitative estimate of drug-likeness (QED) is 0.882. The van der Waals surface area contributed by atoms with Crippen molar-refractivity contribution < 1.29 is 9.13 Å². The van der Waals surface area contributed by atoms with Gasteiger partial charge in [0.2, 0.25) is 0 Å². The third-order valence-electron chi connectivity index (χ3n) is 3.28. The van der Waals surface area contributed by atoms with Crippen LogP contribution in [-0.4, -0.2) is 18.6 Å². The van der Waals surface area contributed by atoms with Gasteiger partial charge in [0.15, 0.2) is 11.6 Å². The summed E-state index contributed by atoms with van der Waals surface area (Å²) < 4.78 is 18.8. The number of hydrogen-bond donors (Lipinski definition) is 1. The van der Waals surface area contributed by atoms with Crippen molar-refractivity contribution in [2.24, 2.45) is 0 Å². The van der Waals surface area contributed by atoms with Crippen LogP contribution in [0.2, 0.25) is 0 Å². The van der Waals surface area contributed by atoms with Gasteiger partial charge in [-0.1, -0.05) is 20.8 Å².